The van der Waals surface area contributed by atoms with Crippen molar-refractivity contribution in [3.8, 4) is 0 Å². The fraction of sp³-hybridized carbons (Fsp3) is 1.00. The van der Waals surface area contributed by atoms with Crippen LogP contribution in [0.3, 0.4) is 0 Å². The highest BCUT2D eigenvalue weighted by Gasteiger charge is 2.45. The largest absolute Gasteiger partial charge is 0.388 e. The first-order chi connectivity index (χ1) is 11.7. The average molecular weight is 347 g/mol. The van der Waals surface area contributed by atoms with Gasteiger partial charge in [-0.15, -0.1) is 0 Å². The third-order valence-corrected chi connectivity index (χ3v) is 4.44. The van der Waals surface area contributed by atoms with Crippen molar-refractivity contribution >= 4 is 0 Å². The van der Waals surface area contributed by atoms with Crippen LogP contribution in [0.5, 0.6) is 0 Å². The molecule has 1 heterocycles. The van der Waals surface area contributed by atoms with Gasteiger partial charge < -0.3 is 24.1 Å². The highest BCUT2D eigenvalue weighted by atomic mass is 16.6. The molecule has 1 rings (SSSR count). The quantitative estimate of drug-likeness (QED) is 0.519. The van der Waals surface area contributed by atoms with E-state index in [9.17, 15) is 5.11 Å². The highest BCUT2D eigenvalue weighted by Crippen LogP contribution is 2.26. The van der Waals surface area contributed by atoms with Gasteiger partial charge in [0.1, 0.15) is 24.4 Å². The Morgan fingerprint density at radius 2 is 1.38 bits per heavy atom. The molecule has 1 saturated heterocycles. The Morgan fingerprint density at radius 3 is 1.96 bits per heavy atom. The third kappa shape index (κ3) is 7.36. The molecule has 1 aliphatic rings. The zero-order valence-corrected chi connectivity index (χ0v) is 16.0. The molecular formula is C19H38O5. The van der Waals surface area contributed by atoms with Crippen molar-refractivity contribution < 1.29 is 24.1 Å². The smallest absolute Gasteiger partial charge is 0.115 e. The molecule has 5 heteroatoms. The monoisotopic (exact) mass is 346 g/mol. The first-order valence-electron chi connectivity index (χ1n) is 9.80. The van der Waals surface area contributed by atoms with Gasteiger partial charge >= 0.3 is 0 Å². The van der Waals surface area contributed by atoms with Crippen LogP contribution in [0, 0.1) is 0 Å². The number of aliphatic hydroxyl groups is 1. The molecule has 0 saturated carbocycles. The molecule has 5 atom stereocenters. The Morgan fingerprint density at radius 1 is 0.833 bits per heavy atom. The maximum atomic E-state index is 10.5. The maximum absolute atomic E-state index is 10.5. The molecule has 0 radical (unpaired) electrons. The zero-order valence-electron chi connectivity index (χ0n) is 16.0. The van der Waals surface area contributed by atoms with Crippen LogP contribution in [0.15, 0.2) is 0 Å². The minimum absolute atomic E-state index is 0.191. The second kappa shape index (κ2) is 13.1. The van der Waals surface area contributed by atoms with Crippen LogP contribution < -0.4 is 0 Å². The van der Waals surface area contributed by atoms with Crippen molar-refractivity contribution in [2.75, 3.05) is 26.4 Å². The summed E-state index contributed by atoms with van der Waals surface area (Å²) in [7, 11) is 0. The summed E-state index contributed by atoms with van der Waals surface area (Å²) in [5.74, 6) is 0. The van der Waals surface area contributed by atoms with Gasteiger partial charge in [-0.1, -0.05) is 40.0 Å². The number of hydrogen-bond donors (Lipinski definition) is 1. The molecule has 1 fully saturated rings. The lowest BCUT2D eigenvalue weighted by molar-refractivity contribution is -0.252. The summed E-state index contributed by atoms with van der Waals surface area (Å²) in [6.07, 6.45) is 4.52. The van der Waals surface area contributed by atoms with E-state index >= 15 is 0 Å². The molecule has 1 N–H and O–H groups in total. The summed E-state index contributed by atoms with van der Waals surface area (Å²) in [6.45, 7) is 10.8. The van der Waals surface area contributed by atoms with E-state index < -0.39 is 6.10 Å². The predicted molar refractivity (Wildman–Crippen MR) is 95.4 cm³/mol. The molecule has 0 unspecified atom stereocenters. The van der Waals surface area contributed by atoms with Crippen LogP contribution in [0.2, 0.25) is 0 Å². The molecule has 0 bridgehead atoms. The van der Waals surface area contributed by atoms with Crippen LogP contribution in [0.25, 0.3) is 0 Å². The summed E-state index contributed by atoms with van der Waals surface area (Å²) < 4.78 is 23.8. The van der Waals surface area contributed by atoms with Gasteiger partial charge in [0, 0.05) is 19.8 Å². The summed E-state index contributed by atoms with van der Waals surface area (Å²) >= 11 is 0. The molecule has 24 heavy (non-hydrogen) atoms. The van der Waals surface area contributed by atoms with E-state index in [4.69, 9.17) is 18.9 Å². The molecule has 0 spiro atoms. The van der Waals surface area contributed by atoms with Crippen LogP contribution in [0.4, 0.5) is 0 Å². The van der Waals surface area contributed by atoms with Gasteiger partial charge in [0.05, 0.1) is 12.7 Å². The Hall–Kier alpha value is -0.200. The van der Waals surface area contributed by atoms with E-state index in [0.29, 0.717) is 19.8 Å². The third-order valence-electron chi connectivity index (χ3n) is 4.44. The molecular weight excluding hydrogens is 308 g/mol. The van der Waals surface area contributed by atoms with Crippen molar-refractivity contribution in [2.24, 2.45) is 0 Å². The van der Waals surface area contributed by atoms with Gasteiger partial charge in [-0.2, -0.15) is 0 Å². The number of unbranched alkanes of at least 4 members (excludes halogenated alkanes) is 3. The van der Waals surface area contributed by atoms with E-state index in [1.165, 1.54) is 0 Å². The van der Waals surface area contributed by atoms with Crippen molar-refractivity contribution in [1.82, 2.24) is 0 Å². The Labute approximate surface area is 148 Å². The molecule has 0 amide bonds. The number of rotatable bonds is 13. The van der Waals surface area contributed by atoms with Crippen molar-refractivity contribution in [2.45, 2.75) is 96.7 Å². The number of aliphatic hydroxyl groups excluding tert-OH is 1. The fourth-order valence-corrected chi connectivity index (χ4v) is 2.81. The number of hydrogen-bond acceptors (Lipinski definition) is 5. The average Bonchev–Trinajstić information content (AvgIpc) is 2.58. The summed E-state index contributed by atoms with van der Waals surface area (Å²) in [4.78, 5) is 0. The summed E-state index contributed by atoms with van der Waals surface area (Å²) in [5, 5.41) is 10.5. The molecule has 0 aromatic carbocycles. The summed E-state index contributed by atoms with van der Waals surface area (Å²) in [5.41, 5.74) is 0. The van der Waals surface area contributed by atoms with Crippen LogP contribution in [-0.4, -0.2) is 62.1 Å². The van der Waals surface area contributed by atoms with Gasteiger partial charge in [-0.05, 0) is 26.2 Å². The van der Waals surface area contributed by atoms with Gasteiger partial charge in [-0.25, -0.2) is 0 Å². The summed E-state index contributed by atoms with van der Waals surface area (Å²) in [6, 6.07) is 0. The van der Waals surface area contributed by atoms with Gasteiger partial charge in [0.15, 0.2) is 0 Å². The lowest BCUT2D eigenvalue weighted by atomic mass is 9.95. The lowest BCUT2D eigenvalue weighted by Gasteiger charge is -2.43. The molecule has 0 aromatic rings. The molecule has 144 valence electrons. The topological polar surface area (TPSA) is 57.2 Å². The maximum Gasteiger partial charge on any atom is 0.115 e. The molecule has 0 aromatic heterocycles. The standard InChI is InChI=1S/C19H38O5/c1-5-8-11-21-14-16-18(22-12-9-6-2)19(23-13-10-7-3)17(20)15(4)24-16/h15-20H,5-14H2,1-4H3/t15-,16+,17-,18+,19+/m0/s1. The predicted octanol–water partition coefficient (Wildman–Crippen LogP) is 3.32. The van der Waals surface area contributed by atoms with E-state index in [2.05, 4.69) is 20.8 Å². The normalized spacial score (nSPS) is 30.6. The van der Waals surface area contributed by atoms with Crippen molar-refractivity contribution in [3.63, 3.8) is 0 Å². The molecule has 1 aliphatic heterocycles. The first-order valence-corrected chi connectivity index (χ1v) is 9.80. The lowest BCUT2D eigenvalue weighted by Crippen LogP contribution is -2.60. The van der Waals surface area contributed by atoms with Gasteiger partial charge in [-0.3, -0.25) is 0 Å². The zero-order chi connectivity index (χ0) is 17.8. The Balaban J connectivity index is 2.68. The van der Waals surface area contributed by atoms with E-state index in [-0.39, 0.29) is 24.4 Å². The highest BCUT2D eigenvalue weighted by molar-refractivity contribution is 4.93. The van der Waals surface area contributed by atoms with Crippen molar-refractivity contribution in [3.05, 3.63) is 0 Å². The van der Waals surface area contributed by atoms with Crippen LogP contribution >= 0.6 is 0 Å². The Bertz CT molecular complexity index is 299. The molecule has 0 aliphatic carbocycles. The van der Waals surface area contributed by atoms with E-state index in [1.54, 1.807) is 0 Å². The van der Waals surface area contributed by atoms with Crippen molar-refractivity contribution in [1.29, 1.82) is 0 Å². The molecule has 5 nitrogen and oxygen atoms in total. The van der Waals surface area contributed by atoms with Gasteiger partial charge in [0.2, 0.25) is 0 Å². The van der Waals surface area contributed by atoms with Crippen LogP contribution in [0.1, 0.15) is 66.2 Å². The van der Waals surface area contributed by atoms with E-state index in [0.717, 1.165) is 45.1 Å². The fourth-order valence-electron chi connectivity index (χ4n) is 2.81. The number of ether oxygens (including phenoxy) is 4. The van der Waals surface area contributed by atoms with Gasteiger partial charge in [0.25, 0.3) is 0 Å². The second-order valence-electron chi connectivity index (χ2n) is 6.68. The van der Waals surface area contributed by atoms with Crippen LogP contribution in [-0.2, 0) is 18.9 Å². The first kappa shape index (κ1) is 21.8. The van der Waals surface area contributed by atoms with E-state index in [1.807, 2.05) is 6.92 Å². The second-order valence-corrected chi connectivity index (χ2v) is 6.68. The Kier molecular flexibility index (Phi) is 11.9. The minimum Gasteiger partial charge on any atom is -0.388 e. The SMILES string of the molecule is CCCCOC[C@H]1O[C@@H](C)[C@H](O)[C@@H](OCCCC)[C@@H]1OCCCC. The minimum atomic E-state index is -0.666.